The molecule has 1 aliphatic rings. The summed E-state index contributed by atoms with van der Waals surface area (Å²) in [6.45, 7) is 4.62. The molecule has 0 spiro atoms. The smallest absolute Gasteiger partial charge is 0.240 e. The van der Waals surface area contributed by atoms with E-state index < -0.39 is 10.0 Å². The molecule has 0 unspecified atom stereocenters. The number of sulfonamides is 1. The van der Waals surface area contributed by atoms with E-state index in [1.54, 1.807) is 6.07 Å². The van der Waals surface area contributed by atoms with Crippen molar-refractivity contribution in [3.05, 3.63) is 23.8 Å². The Balaban J connectivity index is 2.15. The highest BCUT2D eigenvalue weighted by Gasteiger charge is 2.41. The van der Waals surface area contributed by atoms with Gasteiger partial charge in [0.25, 0.3) is 0 Å². The second kappa shape index (κ2) is 6.34. The number of hydrogen-bond donors (Lipinski definition) is 2. The zero-order chi connectivity index (χ0) is 15.5. The van der Waals surface area contributed by atoms with Crippen LogP contribution in [0.5, 0.6) is 5.75 Å². The number of hydrogen-bond acceptors (Lipinski definition) is 4. The average Bonchev–Trinajstić information content (AvgIpc) is 3.26. The fraction of sp³-hybridized carbons (Fsp3) is 0.600. The van der Waals surface area contributed by atoms with E-state index in [2.05, 4.69) is 11.6 Å². The van der Waals surface area contributed by atoms with Gasteiger partial charge in [-0.2, -0.15) is 0 Å². The molecule has 6 heteroatoms. The van der Waals surface area contributed by atoms with E-state index in [9.17, 15) is 13.5 Å². The summed E-state index contributed by atoms with van der Waals surface area (Å²) < 4.78 is 32.7. The summed E-state index contributed by atoms with van der Waals surface area (Å²) in [5.74, 6) is 0.520. The maximum Gasteiger partial charge on any atom is 0.240 e. The normalized spacial score (nSPS) is 16.7. The van der Waals surface area contributed by atoms with Crippen molar-refractivity contribution in [3.63, 3.8) is 0 Å². The van der Waals surface area contributed by atoms with Gasteiger partial charge in [0, 0.05) is 12.1 Å². The second-order valence-corrected chi connectivity index (χ2v) is 7.31. The molecule has 1 aliphatic carbocycles. The fourth-order valence-corrected chi connectivity index (χ4v) is 3.51. The van der Waals surface area contributed by atoms with Crippen LogP contribution in [0.2, 0.25) is 0 Å². The molecule has 118 valence electrons. The minimum atomic E-state index is -3.54. The molecular weight excluding hydrogens is 290 g/mol. The number of aliphatic hydroxyl groups excluding tert-OH is 1. The van der Waals surface area contributed by atoms with Crippen molar-refractivity contribution in [1.82, 2.24) is 4.72 Å². The average molecular weight is 313 g/mol. The molecule has 0 atom stereocenters. The molecule has 5 nitrogen and oxygen atoms in total. The van der Waals surface area contributed by atoms with Crippen LogP contribution in [0.3, 0.4) is 0 Å². The Hall–Kier alpha value is -1.11. The summed E-state index contributed by atoms with van der Waals surface area (Å²) in [5, 5.41) is 9.35. The Bertz CT molecular complexity index is 594. The molecule has 0 aliphatic heterocycles. The SMILES string of the molecule is CCOc1ccc(S(=O)(=O)NCC2(CC)CC2)cc1CO. The lowest BCUT2D eigenvalue weighted by atomic mass is 10.1. The fourth-order valence-electron chi connectivity index (χ4n) is 2.31. The monoisotopic (exact) mass is 313 g/mol. The summed E-state index contributed by atoms with van der Waals surface area (Å²) in [4.78, 5) is 0.168. The molecule has 21 heavy (non-hydrogen) atoms. The Morgan fingerprint density at radius 3 is 2.57 bits per heavy atom. The largest absolute Gasteiger partial charge is 0.494 e. The van der Waals surface area contributed by atoms with Crippen molar-refractivity contribution >= 4 is 10.0 Å². The zero-order valence-electron chi connectivity index (χ0n) is 12.6. The maximum atomic E-state index is 12.3. The van der Waals surface area contributed by atoms with Gasteiger partial charge >= 0.3 is 0 Å². The summed E-state index contributed by atoms with van der Waals surface area (Å²) in [5.41, 5.74) is 0.634. The minimum Gasteiger partial charge on any atom is -0.494 e. The van der Waals surface area contributed by atoms with Crippen LogP contribution in [0.4, 0.5) is 0 Å². The number of benzene rings is 1. The highest BCUT2D eigenvalue weighted by atomic mass is 32.2. The lowest BCUT2D eigenvalue weighted by molar-refractivity contribution is 0.266. The van der Waals surface area contributed by atoms with E-state index in [-0.39, 0.29) is 16.9 Å². The van der Waals surface area contributed by atoms with Crippen molar-refractivity contribution in [2.75, 3.05) is 13.2 Å². The zero-order valence-corrected chi connectivity index (χ0v) is 13.4. The third-order valence-corrected chi connectivity index (χ3v) is 5.56. The minimum absolute atomic E-state index is 0.151. The van der Waals surface area contributed by atoms with Gasteiger partial charge in [-0.05, 0) is 49.8 Å². The quantitative estimate of drug-likeness (QED) is 0.770. The van der Waals surface area contributed by atoms with Gasteiger partial charge in [0.2, 0.25) is 10.0 Å². The third-order valence-electron chi connectivity index (χ3n) is 4.16. The van der Waals surface area contributed by atoms with E-state index in [1.807, 2.05) is 6.92 Å². The first-order valence-electron chi connectivity index (χ1n) is 7.32. The van der Waals surface area contributed by atoms with Gasteiger partial charge in [-0.15, -0.1) is 0 Å². The van der Waals surface area contributed by atoms with Crippen LogP contribution in [0.1, 0.15) is 38.7 Å². The van der Waals surface area contributed by atoms with Crippen molar-refractivity contribution in [1.29, 1.82) is 0 Å². The number of aliphatic hydroxyl groups is 1. The topological polar surface area (TPSA) is 75.6 Å². The summed E-state index contributed by atoms with van der Waals surface area (Å²) >= 11 is 0. The van der Waals surface area contributed by atoms with Gasteiger partial charge in [-0.1, -0.05) is 6.92 Å². The van der Waals surface area contributed by atoms with E-state index in [1.165, 1.54) is 12.1 Å². The summed E-state index contributed by atoms with van der Waals surface area (Å²) in [6.07, 6.45) is 3.15. The van der Waals surface area contributed by atoms with Crippen LogP contribution >= 0.6 is 0 Å². The lowest BCUT2D eigenvalue weighted by Crippen LogP contribution is -2.30. The predicted molar refractivity (Wildman–Crippen MR) is 80.7 cm³/mol. The van der Waals surface area contributed by atoms with Crippen LogP contribution in [-0.2, 0) is 16.6 Å². The Labute approximate surface area is 126 Å². The van der Waals surface area contributed by atoms with E-state index >= 15 is 0 Å². The molecule has 1 aromatic rings. The van der Waals surface area contributed by atoms with Gasteiger partial charge < -0.3 is 9.84 Å². The van der Waals surface area contributed by atoms with Crippen LogP contribution in [0.15, 0.2) is 23.1 Å². The highest BCUT2D eigenvalue weighted by Crippen LogP contribution is 2.48. The first-order valence-corrected chi connectivity index (χ1v) is 8.81. The van der Waals surface area contributed by atoms with Gasteiger partial charge in [0.1, 0.15) is 5.75 Å². The Morgan fingerprint density at radius 1 is 1.33 bits per heavy atom. The molecule has 2 N–H and O–H groups in total. The Kier molecular flexibility index (Phi) is 4.91. The van der Waals surface area contributed by atoms with E-state index in [0.29, 0.717) is 24.5 Å². The van der Waals surface area contributed by atoms with Crippen LogP contribution in [0, 0.1) is 5.41 Å². The molecule has 0 aromatic heterocycles. The number of ether oxygens (including phenoxy) is 1. The van der Waals surface area contributed by atoms with Crippen molar-refractivity contribution in [2.45, 2.75) is 44.6 Å². The maximum absolute atomic E-state index is 12.3. The van der Waals surface area contributed by atoms with Crippen LogP contribution < -0.4 is 9.46 Å². The molecule has 0 saturated heterocycles. The molecule has 0 bridgehead atoms. The van der Waals surface area contributed by atoms with Crippen LogP contribution in [-0.4, -0.2) is 26.7 Å². The number of nitrogens with one attached hydrogen (secondary N) is 1. The second-order valence-electron chi connectivity index (χ2n) is 5.54. The Morgan fingerprint density at radius 2 is 2.05 bits per heavy atom. The standard InChI is InChI=1S/C15H23NO4S/c1-3-15(7-8-15)11-16-21(18,19)13-5-6-14(20-4-2)12(9-13)10-17/h5-6,9,16-17H,3-4,7-8,10-11H2,1-2H3. The van der Waals surface area contributed by atoms with Crippen molar-refractivity contribution in [2.24, 2.45) is 5.41 Å². The molecule has 0 heterocycles. The van der Waals surface area contributed by atoms with Crippen LogP contribution in [0.25, 0.3) is 0 Å². The van der Waals surface area contributed by atoms with Gasteiger partial charge in [-0.25, -0.2) is 13.1 Å². The van der Waals surface area contributed by atoms with E-state index in [0.717, 1.165) is 19.3 Å². The summed E-state index contributed by atoms with van der Waals surface area (Å²) in [7, 11) is -3.54. The van der Waals surface area contributed by atoms with Gasteiger partial charge in [-0.3, -0.25) is 0 Å². The molecule has 1 aromatic carbocycles. The first-order chi connectivity index (χ1) is 9.96. The summed E-state index contributed by atoms with van der Waals surface area (Å²) in [6, 6.07) is 4.58. The molecule has 1 saturated carbocycles. The molecular formula is C15H23NO4S. The predicted octanol–water partition coefficient (Wildman–Crippen LogP) is 2.05. The molecule has 1 fully saturated rings. The lowest BCUT2D eigenvalue weighted by Gasteiger charge is -2.15. The van der Waals surface area contributed by atoms with Gasteiger partial charge in [0.15, 0.2) is 0 Å². The van der Waals surface area contributed by atoms with Gasteiger partial charge in [0.05, 0.1) is 18.1 Å². The third kappa shape index (κ3) is 3.75. The molecule has 0 radical (unpaired) electrons. The highest BCUT2D eigenvalue weighted by molar-refractivity contribution is 7.89. The van der Waals surface area contributed by atoms with Crippen molar-refractivity contribution < 1.29 is 18.3 Å². The van der Waals surface area contributed by atoms with Crippen molar-refractivity contribution in [3.8, 4) is 5.75 Å². The first kappa shape index (κ1) is 16.3. The number of rotatable bonds is 8. The van der Waals surface area contributed by atoms with E-state index in [4.69, 9.17) is 4.74 Å². The molecule has 0 amide bonds. The molecule has 2 rings (SSSR count).